The number of ether oxygens (including phenoxy) is 3. The van der Waals surface area contributed by atoms with E-state index in [4.69, 9.17) is 14.2 Å². The number of alkyl halides is 3. The molecule has 6 rings (SSSR count). The first-order valence-corrected chi connectivity index (χ1v) is 13.0. The topological polar surface area (TPSA) is 76.2 Å². The van der Waals surface area contributed by atoms with Crippen LogP contribution in [0.3, 0.4) is 0 Å². The van der Waals surface area contributed by atoms with Gasteiger partial charge in [-0.15, -0.1) is 0 Å². The van der Waals surface area contributed by atoms with Crippen LogP contribution in [-0.2, 0) is 25.2 Å². The van der Waals surface area contributed by atoms with Crippen LogP contribution < -0.4 is 10.2 Å². The van der Waals surface area contributed by atoms with Gasteiger partial charge in [0.05, 0.1) is 36.3 Å². The largest absolute Gasteiger partial charge is 0.433 e. The van der Waals surface area contributed by atoms with Crippen molar-refractivity contribution >= 4 is 11.7 Å². The Morgan fingerprint density at radius 3 is 2.84 bits per heavy atom. The Kier molecular flexibility index (Phi) is 6.05. The Bertz CT molecular complexity index is 1100. The number of fused-ring (bicyclic) bond motifs is 2. The average molecular weight is 523 g/mol. The van der Waals surface area contributed by atoms with Gasteiger partial charge in [-0.05, 0) is 50.8 Å². The fourth-order valence-corrected chi connectivity index (χ4v) is 7.12. The van der Waals surface area contributed by atoms with Crippen LogP contribution in [0.5, 0.6) is 0 Å². The van der Waals surface area contributed by atoms with E-state index in [1.165, 1.54) is 6.07 Å². The molecule has 1 N–H and O–H groups in total. The second-order valence-corrected chi connectivity index (χ2v) is 11.1. The summed E-state index contributed by atoms with van der Waals surface area (Å²) in [5.41, 5.74) is -1.28. The molecule has 1 saturated carbocycles. The number of methoxy groups -OCH3 is 1. The van der Waals surface area contributed by atoms with Gasteiger partial charge >= 0.3 is 6.18 Å². The Hall–Kier alpha value is -2.21. The predicted octanol–water partition coefficient (Wildman–Crippen LogP) is 2.74. The summed E-state index contributed by atoms with van der Waals surface area (Å²) >= 11 is 0. The zero-order chi connectivity index (χ0) is 26.0. The highest BCUT2D eigenvalue weighted by atomic mass is 19.4. The number of carbonyl (C=O) groups excluding carboxylic acids is 1. The predicted molar refractivity (Wildman–Crippen MR) is 128 cm³/mol. The van der Waals surface area contributed by atoms with E-state index >= 15 is 0 Å². The fraction of sp³-hybridized carbons (Fsp3) is 0.692. The monoisotopic (exact) mass is 522 g/mol. The molecule has 2 bridgehead atoms. The molecule has 0 spiro atoms. The number of aromatic nitrogens is 1. The first-order chi connectivity index (χ1) is 17.6. The second-order valence-electron chi connectivity index (χ2n) is 11.1. The van der Waals surface area contributed by atoms with Gasteiger partial charge in [0.15, 0.2) is 0 Å². The summed E-state index contributed by atoms with van der Waals surface area (Å²) in [4.78, 5) is 21.7. The molecule has 4 aliphatic heterocycles. The molecule has 11 heteroatoms. The molecule has 6 atom stereocenters. The van der Waals surface area contributed by atoms with Crippen LogP contribution in [0.25, 0.3) is 0 Å². The summed E-state index contributed by atoms with van der Waals surface area (Å²) in [5.74, 6) is 0.345. The zero-order valence-electron chi connectivity index (χ0n) is 21.1. The SMILES string of the molecule is CO[C@@H]1COCC[C@@H]1N[C@@H]1CC2(C)OCC[C@@]2(C(=O)N2C[C@@H]3C=C2CN3c2cccc(C(F)(F)F)n2)C1. The number of nitrogens with one attached hydrogen (secondary N) is 1. The number of amides is 1. The lowest BCUT2D eigenvalue weighted by atomic mass is 9.73. The Balaban J connectivity index is 1.17. The number of hydrogen-bond acceptors (Lipinski definition) is 7. The maximum Gasteiger partial charge on any atom is 0.433 e. The van der Waals surface area contributed by atoms with Crippen LogP contribution in [0, 0.1) is 5.41 Å². The van der Waals surface area contributed by atoms with Crippen LogP contribution in [0.4, 0.5) is 19.0 Å². The highest BCUT2D eigenvalue weighted by Crippen LogP contribution is 2.57. The molecule has 2 saturated heterocycles. The van der Waals surface area contributed by atoms with Crippen LogP contribution in [-0.4, -0.2) is 85.6 Å². The quantitative estimate of drug-likeness (QED) is 0.638. The van der Waals surface area contributed by atoms with Gasteiger partial charge in [-0.2, -0.15) is 13.2 Å². The van der Waals surface area contributed by atoms with Gasteiger partial charge in [0.1, 0.15) is 11.5 Å². The normalized spacial score (nSPS) is 37.3. The van der Waals surface area contributed by atoms with Crippen LogP contribution >= 0.6 is 0 Å². The van der Waals surface area contributed by atoms with E-state index < -0.39 is 22.9 Å². The summed E-state index contributed by atoms with van der Waals surface area (Å²) in [6, 6.07) is 4.04. The molecule has 1 aliphatic carbocycles. The fourth-order valence-electron chi connectivity index (χ4n) is 7.12. The number of halogens is 3. The summed E-state index contributed by atoms with van der Waals surface area (Å²) < 4.78 is 57.0. The van der Waals surface area contributed by atoms with Crippen molar-refractivity contribution in [3.63, 3.8) is 0 Å². The minimum Gasteiger partial charge on any atom is -0.379 e. The number of pyridine rings is 1. The molecule has 1 aromatic heterocycles. The molecule has 0 aromatic carbocycles. The number of carbonyl (C=O) groups is 1. The van der Waals surface area contributed by atoms with Gasteiger partial charge in [-0.3, -0.25) is 4.79 Å². The standard InChI is InChI=1S/C26H33F3N4O4/c1-24-11-16(30-19-6-8-36-15-20(19)35-2)12-25(24,7-9-37-24)23(34)33-14-17-10-18(33)13-32(17)22-5-3-4-21(31-22)26(27,28)29/h3-5,10,16-17,19-20,30H,6-9,11-15H2,1-2H3/t16-,17+,19+,20-,24?,25+/m1/s1. The van der Waals surface area contributed by atoms with Crippen LogP contribution in [0.15, 0.2) is 30.0 Å². The highest BCUT2D eigenvalue weighted by Gasteiger charge is 2.65. The molecule has 8 nitrogen and oxygen atoms in total. The first kappa shape index (κ1) is 25.1. The van der Waals surface area contributed by atoms with Gasteiger partial charge in [0.2, 0.25) is 5.91 Å². The smallest absolute Gasteiger partial charge is 0.379 e. The van der Waals surface area contributed by atoms with Crippen molar-refractivity contribution in [2.24, 2.45) is 5.41 Å². The molecule has 5 heterocycles. The molecule has 0 radical (unpaired) electrons. The lowest BCUT2D eigenvalue weighted by molar-refractivity contribution is -0.147. The van der Waals surface area contributed by atoms with E-state index in [9.17, 15) is 18.0 Å². The first-order valence-electron chi connectivity index (χ1n) is 13.0. The molecular formula is C26H33F3N4O4. The maximum absolute atomic E-state index is 14.2. The number of hydrogen-bond donors (Lipinski definition) is 1. The number of anilines is 1. The molecule has 37 heavy (non-hydrogen) atoms. The average Bonchev–Trinajstić information content (AvgIpc) is 3.61. The molecule has 1 unspecified atom stereocenters. The van der Waals surface area contributed by atoms with Crippen LogP contribution in [0.2, 0.25) is 0 Å². The molecule has 5 aliphatic rings. The highest BCUT2D eigenvalue weighted by molar-refractivity contribution is 5.88. The van der Waals surface area contributed by atoms with Gasteiger partial charge in [-0.1, -0.05) is 6.07 Å². The second kappa shape index (κ2) is 8.93. The van der Waals surface area contributed by atoms with Crippen molar-refractivity contribution in [2.45, 2.75) is 68.6 Å². The third-order valence-electron chi connectivity index (χ3n) is 9.06. The lowest BCUT2D eigenvalue weighted by Crippen LogP contribution is -2.54. The zero-order valence-corrected chi connectivity index (χ0v) is 21.1. The van der Waals surface area contributed by atoms with Gasteiger partial charge < -0.3 is 29.3 Å². The molecule has 1 aromatic rings. The Labute approximate surface area is 214 Å². The summed E-state index contributed by atoms with van der Waals surface area (Å²) in [5, 5.41) is 3.74. The maximum atomic E-state index is 14.2. The third kappa shape index (κ3) is 4.05. The molecule has 3 fully saturated rings. The minimum absolute atomic E-state index is 0.0236. The van der Waals surface area contributed by atoms with Crippen LogP contribution in [0.1, 0.15) is 38.3 Å². The summed E-state index contributed by atoms with van der Waals surface area (Å²) in [7, 11) is 1.70. The Morgan fingerprint density at radius 2 is 2.11 bits per heavy atom. The van der Waals surface area contributed by atoms with E-state index in [2.05, 4.69) is 17.2 Å². The van der Waals surface area contributed by atoms with E-state index in [0.29, 0.717) is 45.8 Å². The van der Waals surface area contributed by atoms with E-state index in [1.807, 2.05) is 15.9 Å². The van der Waals surface area contributed by atoms with Crippen molar-refractivity contribution in [3.8, 4) is 0 Å². The van der Waals surface area contributed by atoms with Crippen molar-refractivity contribution in [1.82, 2.24) is 15.2 Å². The summed E-state index contributed by atoms with van der Waals surface area (Å²) in [6.07, 6.45) is 0.403. The van der Waals surface area contributed by atoms with E-state index in [1.54, 1.807) is 13.2 Å². The van der Waals surface area contributed by atoms with E-state index in [-0.39, 0.29) is 36.0 Å². The Morgan fingerprint density at radius 1 is 1.27 bits per heavy atom. The van der Waals surface area contributed by atoms with Crippen molar-refractivity contribution < 1.29 is 32.2 Å². The molecule has 1 amide bonds. The van der Waals surface area contributed by atoms with Crippen molar-refractivity contribution in [1.29, 1.82) is 0 Å². The number of piperazine rings is 1. The summed E-state index contributed by atoms with van der Waals surface area (Å²) in [6.45, 7) is 4.61. The number of nitrogens with zero attached hydrogens (tertiary/aromatic N) is 3. The molecular weight excluding hydrogens is 489 g/mol. The van der Waals surface area contributed by atoms with Gasteiger partial charge in [-0.25, -0.2) is 4.98 Å². The minimum atomic E-state index is -4.50. The third-order valence-corrected chi connectivity index (χ3v) is 9.06. The number of rotatable bonds is 5. The lowest BCUT2D eigenvalue weighted by Gasteiger charge is -2.41. The van der Waals surface area contributed by atoms with Gasteiger partial charge in [0, 0.05) is 44.6 Å². The van der Waals surface area contributed by atoms with E-state index in [0.717, 1.165) is 24.6 Å². The van der Waals surface area contributed by atoms with Crippen molar-refractivity contribution in [3.05, 3.63) is 35.7 Å². The molecule has 202 valence electrons. The van der Waals surface area contributed by atoms with Crippen molar-refractivity contribution in [2.75, 3.05) is 44.9 Å². The van der Waals surface area contributed by atoms with Gasteiger partial charge in [0.25, 0.3) is 0 Å².